The molecule has 26 heavy (non-hydrogen) atoms. The van der Waals surface area contributed by atoms with Crippen LogP contribution in [-0.4, -0.2) is 36.1 Å². The van der Waals surface area contributed by atoms with Crippen molar-refractivity contribution in [3.8, 4) is 0 Å². The van der Waals surface area contributed by atoms with Gasteiger partial charge in [-0.3, -0.25) is 4.90 Å². The molecule has 3 rings (SSSR count). The number of nitrogens with zero attached hydrogens (tertiary/aromatic N) is 2. The van der Waals surface area contributed by atoms with Crippen LogP contribution < -0.4 is 4.90 Å². The SMILES string of the molecule is CCOC(=O)C1CCCCN1C(=O)N(c1ccccc1)c1ccccc1. The van der Waals surface area contributed by atoms with E-state index in [0.717, 1.165) is 24.2 Å². The molecule has 1 aliphatic heterocycles. The van der Waals surface area contributed by atoms with Crippen LogP contribution in [0, 0.1) is 0 Å². The molecule has 1 saturated heterocycles. The highest BCUT2D eigenvalue weighted by Gasteiger charge is 2.36. The topological polar surface area (TPSA) is 49.9 Å². The van der Waals surface area contributed by atoms with E-state index in [0.29, 0.717) is 19.6 Å². The summed E-state index contributed by atoms with van der Waals surface area (Å²) in [4.78, 5) is 29.2. The molecule has 1 aliphatic rings. The highest BCUT2D eigenvalue weighted by atomic mass is 16.5. The van der Waals surface area contributed by atoms with E-state index in [4.69, 9.17) is 4.74 Å². The van der Waals surface area contributed by atoms with Gasteiger partial charge in [0.25, 0.3) is 0 Å². The maximum Gasteiger partial charge on any atom is 0.329 e. The fourth-order valence-corrected chi connectivity index (χ4v) is 3.30. The number of para-hydroxylation sites is 2. The van der Waals surface area contributed by atoms with Crippen molar-refractivity contribution in [2.24, 2.45) is 0 Å². The number of hydrogen-bond acceptors (Lipinski definition) is 3. The summed E-state index contributed by atoms with van der Waals surface area (Å²) in [6.45, 7) is 2.66. The monoisotopic (exact) mass is 352 g/mol. The summed E-state index contributed by atoms with van der Waals surface area (Å²) in [5, 5.41) is 0. The minimum absolute atomic E-state index is 0.194. The molecule has 5 nitrogen and oxygen atoms in total. The maximum atomic E-state index is 13.5. The number of amides is 2. The van der Waals surface area contributed by atoms with Crippen LogP contribution >= 0.6 is 0 Å². The Morgan fingerprint density at radius 1 is 1.00 bits per heavy atom. The highest BCUT2D eigenvalue weighted by molar-refractivity contribution is 6.01. The zero-order chi connectivity index (χ0) is 18.4. The lowest BCUT2D eigenvalue weighted by Crippen LogP contribution is -2.52. The Labute approximate surface area is 154 Å². The van der Waals surface area contributed by atoms with E-state index in [1.165, 1.54) is 0 Å². The third-order valence-electron chi connectivity index (χ3n) is 4.53. The summed E-state index contributed by atoms with van der Waals surface area (Å²) in [6, 6.07) is 18.3. The molecule has 1 unspecified atom stereocenters. The Morgan fingerprint density at radius 3 is 2.12 bits per heavy atom. The molecule has 1 fully saturated rings. The Morgan fingerprint density at radius 2 is 1.58 bits per heavy atom. The fourth-order valence-electron chi connectivity index (χ4n) is 3.30. The second-order valence-corrected chi connectivity index (χ2v) is 6.25. The molecule has 0 aliphatic carbocycles. The van der Waals surface area contributed by atoms with E-state index >= 15 is 0 Å². The van der Waals surface area contributed by atoms with E-state index in [1.54, 1.807) is 16.7 Å². The van der Waals surface area contributed by atoms with Crippen LogP contribution in [0.15, 0.2) is 60.7 Å². The third kappa shape index (κ3) is 3.87. The molecule has 0 bridgehead atoms. The van der Waals surface area contributed by atoms with Crippen LogP contribution in [0.5, 0.6) is 0 Å². The Balaban J connectivity index is 1.95. The van der Waals surface area contributed by atoms with Gasteiger partial charge in [0.15, 0.2) is 0 Å². The van der Waals surface area contributed by atoms with E-state index < -0.39 is 6.04 Å². The normalized spacial score (nSPS) is 16.8. The summed E-state index contributed by atoms with van der Waals surface area (Å²) in [6.07, 6.45) is 2.45. The molecule has 0 N–H and O–H groups in total. The average Bonchev–Trinajstić information content (AvgIpc) is 2.70. The summed E-state index contributed by atoms with van der Waals surface area (Å²) < 4.78 is 5.20. The molecule has 0 radical (unpaired) electrons. The Kier molecular flexibility index (Phi) is 5.89. The van der Waals surface area contributed by atoms with Gasteiger partial charge in [0.05, 0.1) is 18.0 Å². The summed E-state index contributed by atoms with van der Waals surface area (Å²) >= 11 is 0. The lowest BCUT2D eigenvalue weighted by molar-refractivity contribution is -0.149. The summed E-state index contributed by atoms with van der Waals surface area (Å²) in [5.74, 6) is -0.318. The fraction of sp³-hybridized carbons (Fsp3) is 0.333. The first-order chi connectivity index (χ1) is 12.7. The van der Waals surface area contributed by atoms with Gasteiger partial charge in [-0.25, -0.2) is 9.59 Å². The predicted octanol–water partition coefficient (Wildman–Crippen LogP) is 4.36. The number of ether oxygens (including phenoxy) is 1. The minimum Gasteiger partial charge on any atom is -0.464 e. The lowest BCUT2D eigenvalue weighted by atomic mass is 10.0. The number of urea groups is 1. The molecule has 2 aromatic carbocycles. The van der Waals surface area contributed by atoms with Crippen molar-refractivity contribution >= 4 is 23.4 Å². The number of anilines is 2. The number of carbonyl (C=O) groups excluding carboxylic acids is 2. The second kappa shape index (κ2) is 8.52. The first kappa shape index (κ1) is 18.0. The van der Waals surface area contributed by atoms with Crippen molar-refractivity contribution in [1.29, 1.82) is 0 Å². The van der Waals surface area contributed by atoms with Gasteiger partial charge >= 0.3 is 12.0 Å². The van der Waals surface area contributed by atoms with Gasteiger partial charge in [0.1, 0.15) is 6.04 Å². The Hall–Kier alpha value is -2.82. The van der Waals surface area contributed by atoms with Crippen LogP contribution in [-0.2, 0) is 9.53 Å². The third-order valence-corrected chi connectivity index (χ3v) is 4.53. The van der Waals surface area contributed by atoms with Crippen LogP contribution in [0.25, 0.3) is 0 Å². The molecule has 2 aromatic rings. The molecular weight excluding hydrogens is 328 g/mol. The second-order valence-electron chi connectivity index (χ2n) is 6.25. The van der Waals surface area contributed by atoms with Gasteiger partial charge in [-0.15, -0.1) is 0 Å². The van der Waals surface area contributed by atoms with Crippen LogP contribution in [0.4, 0.5) is 16.2 Å². The molecule has 0 aromatic heterocycles. The first-order valence-electron chi connectivity index (χ1n) is 9.10. The average molecular weight is 352 g/mol. The van der Waals surface area contributed by atoms with Crippen LogP contribution in [0.2, 0.25) is 0 Å². The van der Waals surface area contributed by atoms with E-state index in [1.807, 2.05) is 60.7 Å². The van der Waals surface area contributed by atoms with Crippen molar-refractivity contribution in [1.82, 2.24) is 4.90 Å². The molecule has 0 spiro atoms. The number of hydrogen-bond donors (Lipinski definition) is 0. The number of likely N-dealkylation sites (tertiary alicyclic amines) is 1. The van der Waals surface area contributed by atoms with Crippen molar-refractivity contribution in [2.75, 3.05) is 18.1 Å². The highest BCUT2D eigenvalue weighted by Crippen LogP contribution is 2.29. The van der Waals surface area contributed by atoms with Crippen molar-refractivity contribution in [3.63, 3.8) is 0 Å². The molecule has 0 saturated carbocycles. The molecule has 5 heteroatoms. The van der Waals surface area contributed by atoms with E-state index in [2.05, 4.69) is 0 Å². The minimum atomic E-state index is -0.522. The number of rotatable bonds is 4. The largest absolute Gasteiger partial charge is 0.464 e. The number of esters is 1. The van der Waals surface area contributed by atoms with Crippen LogP contribution in [0.3, 0.4) is 0 Å². The first-order valence-corrected chi connectivity index (χ1v) is 9.10. The molecule has 2 amide bonds. The molecular formula is C21H24N2O3. The van der Waals surface area contributed by atoms with Gasteiger partial charge in [0, 0.05) is 6.54 Å². The summed E-state index contributed by atoms with van der Waals surface area (Å²) in [5.41, 5.74) is 1.55. The number of benzene rings is 2. The smallest absolute Gasteiger partial charge is 0.329 e. The van der Waals surface area contributed by atoms with E-state index in [9.17, 15) is 9.59 Å². The standard InChI is InChI=1S/C21H24N2O3/c1-2-26-20(24)19-15-9-10-16-22(19)21(25)23(17-11-5-3-6-12-17)18-13-7-4-8-14-18/h3-8,11-14,19H,2,9-10,15-16H2,1H3. The number of carbonyl (C=O) groups is 2. The molecule has 1 atom stereocenters. The van der Waals surface area contributed by atoms with Crippen molar-refractivity contribution < 1.29 is 14.3 Å². The maximum absolute atomic E-state index is 13.5. The van der Waals surface area contributed by atoms with Gasteiger partial charge in [-0.2, -0.15) is 0 Å². The Bertz CT molecular complexity index is 694. The zero-order valence-electron chi connectivity index (χ0n) is 15.0. The lowest BCUT2D eigenvalue weighted by Gasteiger charge is -2.37. The number of piperidine rings is 1. The van der Waals surface area contributed by atoms with Gasteiger partial charge < -0.3 is 9.64 Å². The van der Waals surface area contributed by atoms with Crippen molar-refractivity contribution in [2.45, 2.75) is 32.2 Å². The quantitative estimate of drug-likeness (QED) is 0.768. The van der Waals surface area contributed by atoms with Crippen LogP contribution in [0.1, 0.15) is 26.2 Å². The van der Waals surface area contributed by atoms with Crippen molar-refractivity contribution in [3.05, 3.63) is 60.7 Å². The van der Waals surface area contributed by atoms with Gasteiger partial charge in [0.2, 0.25) is 0 Å². The van der Waals surface area contributed by atoms with Gasteiger partial charge in [-0.05, 0) is 50.5 Å². The van der Waals surface area contributed by atoms with E-state index in [-0.39, 0.29) is 12.0 Å². The molecule has 1 heterocycles. The summed E-state index contributed by atoms with van der Waals surface area (Å²) in [7, 11) is 0. The van der Waals surface area contributed by atoms with Gasteiger partial charge in [-0.1, -0.05) is 36.4 Å². The zero-order valence-corrected chi connectivity index (χ0v) is 15.0. The molecule has 136 valence electrons. The predicted molar refractivity (Wildman–Crippen MR) is 101 cm³/mol.